The summed E-state index contributed by atoms with van der Waals surface area (Å²) >= 11 is 0. The molecule has 2 aliphatic rings. The van der Waals surface area contributed by atoms with Crippen molar-refractivity contribution in [1.82, 2.24) is 10.2 Å². The molecule has 2 aliphatic carbocycles. The molecule has 0 spiro atoms. The molecule has 3 rings (SSSR count). The van der Waals surface area contributed by atoms with Gasteiger partial charge in [-0.1, -0.05) is 96.0 Å². The standard InChI is InChI=1S/C33H54N3O6P/c1-5-43(41,42-4)33(40)29(22-25-16-10-7-11-17-25)36(32(39)27(34)21-24-14-8-6-9-15-24)28(20-23(2)3)31(38)35-30(37)26-18-12-13-19-26/h6,8-9,14-15,23,25-29,33,40H,5,7,10-13,16-22,34H2,1-4H3,(H,35,37,38)/t27-,28-,29-,33?,43?/m0/s1. The van der Waals surface area contributed by atoms with Gasteiger partial charge in [0.25, 0.3) is 0 Å². The van der Waals surface area contributed by atoms with Crippen LogP contribution in [0.25, 0.3) is 0 Å². The van der Waals surface area contributed by atoms with Gasteiger partial charge < -0.3 is 20.3 Å². The molecule has 43 heavy (non-hydrogen) atoms. The first kappa shape index (κ1) is 35.4. The molecule has 1 aromatic carbocycles. The highest BCUT2D eigenvalue weighted by molar-refractivity contribution is 7.59. The number of aliphatic hydroxyl groups excluding tert-OH is 1. The van der Waals surface area contributed by atoms with Crippen molar-refractivity contribution in [3.63, 3.8) is 0 Å². The van der Waals surface area contributed by atoms with E-state index < -0.39 is 43.2 Å². The summed E-state index contributed by atoms with van der Waals surface area (Å²) in [5, 5.41) is 14.5. The number of hydrogen-bond acceptors (Lipinski definition) is 7. The van der Waals surface area contributed by atoms with Gasteiger partial charge in [-0.15, -0.1) is 0 Å². The van der Waals surface area contributed by atoms with Crippen LogP contribution < -0.4 is 11.1 Å². The summed E-state index contributed by atoms with van der Waals surface area (Å²) in [5.41, 5.74) is 7.46. The summed E-state index contributed by atoms with van der Waals surface area (Å²) in [6.07, 6.45) is 9.33. The predicted octanol–water partition coefficient (Wildman–Crippen LogP) is 5.23. The van der Waals surface area contributed by atoms with E-state index in [9.17, 15) is 24.1 Å². The first-order valence-electron chi connectivity index (χ1n) is 16.3. The van der Waals surface area contributed by atoms with Crippen LogP contribution in [0.2, 0.25) is 0 Å². The van der Waals surface area contributed by atoms with Crippen molar-refractivity contribution in [2.24, 2.45) is 23.5 Å². The van der Waals surface area contributed by atoms with Crippen molar-refractivity contribution in [1.29, 1.82) is 0 Å². The molecule has 0 radical (unpaired) electrons. The van der Waals surface area contributed by atoms with Crippen molar-refractivity contribution in [2.75, 3.05) is 13.3 Å². The number of nitrogens with two attached hydrogens (primary N) is 1. The summed E-state index contributed by atoms with van der Waals surface area (Å²) in [6.45, 7) is 5.59. The molecule has 5 atom stereocenters. The number of carbonyl (C=O) groups excluding carboxylic acids is 3. The minimum absolute atomic E-state index is 0.0224. The molecule has 1 aromatic rings. The maximum absolute atomic E-state index is 14.5. The Labute approximate surface area is 258 Å². The molecule has 2 unspecified atom stereocenters. The van der Waals surface area contributed by atoms with Crippen LogP contribution in [-0.4, -0.2) is 65.0 Å². The van der Waals surface area contributed by atoms with E-state index in [1.165, 1.54) is 12.0 Å². The zero-order chi connectivity index (χ0) is 31.6. The number of benzene rings is 1. The Kier molecular flexibility index (Phi) is 13.9. The Morgan fingerprint density at radius 2 is 1.65 bits per heavy atom. The third-order valence-corrected chi connectivity index (χ3v) is 12.0. The number of imide groups is 1. The third kappa shape index (κ3) is 9.71. The van der Waals surface area contributed by atoms with E-state index in [1.807, 2.05) is 44.2 Å². The first-order chi connectivity index (χ1) is 20.5. The van der Waals surface area contributed by atoms with Gasteiger partial charge in [-0.05, 0) is 49.5 Å². The van der Waals surface area contributed by atoms with Gasteiger partial charge in [0.05, 0.1) is 12.1 Å². The molecule has 0 saturated heterocycles. The zero-order valence-electron chi connectivity index (χ0n) is 26.6. The lowest BCUT2D eigenvalue weighted by Crippen LogP contribution is -2.62. The van der Waals surface area contributed by atoms with E-state index in [0.717, 1.165) is 63.4 Å². The van der Waals surface area contributed by atoms with Gasteiger partial charge in [0, 0.05) is 19.2 Å². The summed E-state index contributed by atoms with van der Waals surface area (Å²) in [7, 11) is -2.30. The van der Waals surface area contributed by atoms with Crippen molar-refractivity contribution >= 4 is 25.1 Å². The summed E-state index contributed by atoms with van der Waals surface area (Å²) in [6, 6.07) is 6.35. The number of carbonyl (C=O) groups is 3. The van der Waals surface area contributed by atoms with E-state index in [0.29, 0.717) is 6.42 Å². The average Bonchev–Trinajstić information content (AvgIpc) is 3.55. The fraction of sp³-hybridized carbons (Fsp3) is 0.727. The minimum Gasteiger partial charge on any atom is -0.381 e. The van der Waals surface area contributed by atoms with Gasteiger partial charge in [-0.2, -0.15) is 0 Å². The molecule has 2 fully saturated rings. The second-order valence-corrected chi connectivity index (χ2v) is 15.9. The lowest BCUT2D eigenvalue weighted by Gasteiger charge is -2.44. The molecule has 0 aliphatic heterocycles. The Bertz CT molecular complexity index is 1080. The van der Waals surface area contributed by atoms with E-state index in [1.54, 1.807) is 6.92 Å². The van der Waals surface area contributed by atoms with Gasteiger partial charge in [0.15, 0.2) is 5.85 Å². The normalized spacial score (nSPS) is 20.6. The Balaban J connectivity index is 2.08. The molecule has 3 amide bonds. The van der Waals surface area contributed by atoms with Gasteiger partial charge in [-0.3, -0.25) is 24.3 Å². The first-order valence-corrected chi connectivity index (χ1v) is 18.2. The molecule has 2 saturated carbocycles. The van der Waals surface area contributed by atoms with Crippen molar-refractivity contribution < 1.29 is 28.6 Å². The maximum atomic E-state index is 14.5. The molecule has 4 N–H and O–H groups in total. The molecule has 10 heteroatoms. The summed E-state index contributed by atoms with van der Waals surface area (Å²) in [4.78, 5) is 43.1. The highest BCUT2D eigenvalue weighted by Gasteiger charge is 2.47. The van der Waals surface area contributed by atoms with Crippen molar-refractivity contribution in [3.8, 4) is 0 Å². The van der Waals surface area contributed by atoms with Gasteiger partial charge >= 0.3 is 0 Å². The molecular formula is C33H54N3O6P. The largest absolute Gasteiger partial charge is 0.381 e. The van der Waals surface area contributed by atoms with Crippen molar-refractivity contribution in [3.05, 3.63) is 35.9 Å². The molecule has 0 bridgehead atoms. The van der Waals surface area contributed by atoms with Gasteiger partial charge in [0.2, 0.25) is 25.1 Å². The van der Waals surface area contributed by atoms with Crippen LogP contribution in [0.15, 0.2) is 30.3 Å². The smallest absolute Gasteiger partial charge is 0.249 e. The number of hydrogen-bond donors (Lipinski definition) is 3. The highest BCUT2D eigenvalue weighted by atomic mass is 31.2. The predicted molar refractivity (Wildman–Crippen MR) is 169 cm³/mol. The van der Waals surface area contributed by atoms with Crippen LogP contribution >= 0.6 is 7.37 Å². The molecule has 9 nitrogen and oxygen atoms in total. The number of aliphatic hydroxyl groups is 1. The quantitative estimate of drug-likeness (QED) is 0.228. The fourth-order valence-electron chi connectivity index (χ4n) is 6.81. The lowest BCUT2D eigenvalue weighted by molar-refractivity contribution is -0.149. The van der Waals surface area contributed by atoms with Crippen LogP contribution in [0.5, 0.6) is 0 Å². The molecule has 242 valence electrons. The van der Waals surface area contributed by atoms with Gasteiger partial charge in [-0.25, -0.2) is 0 Å². The van der Waals surface area contributed by atoms with E-state index in [2.05, 4.69) is 5.32 Å². The Morgan fingerprint density at radius 3 is 2.21 bits per heavy atom. The molecule has 0 aromatic heterocycles. The van der Waals surface area contributed by atoms with Gasteiger partial charge in [0.1, 0.15) is 6.04 Å². The summed E-state index contributed by atoms with van der Waals surface area (Å²) in [5.74, 6) is -2.98. The van der Waals surface area contributed by atoms with E-state index in [4.69, 9.17) is 10.3 Å². The lowest BCUT2D eigenvalue weighted by atomic mass is 9.83. The van der Waals surface area contributed by atoms with E-state index >= 15 is 0 Å². The third-order valence-electron chi connectivity index (χ3n) is 9.33. The number of nitrogens with zero attached hydrogens (tertiary/aromatic N) is 1. The van der Waals surface area contributed by atoms with Crippen molar-refractivity contribution in [2.45, 2.75) is 122 Å². The van der Waals surface area contributed by atoms with Crippen LogP contribution in [0.3, 0.4) is 0 Å². The van der Waals surface area contributed by atoms with Crippen LogP contribution in [0, 0.1) is 17.8 Å². The van der Waals surface area contributed by atoms with Crippen LogP contribution in [-0.2, 0) is 29.9 Å². The van der Waals surface area contributed by atoms with E-state index in [-0.39, 0.29) is 42.7 Å². The van der Waals surface area contributed by atoms with Crippen LogP contribution in [0.1, 0.15) is 97.0 Å². The summed E-state index contributed by atoms with van der Waals surface area (Å²) < 4.78 is 19.3. The number of nitrogens with one attached hydrogen (secondary N) is 1. The minimum atomic E-state index is -3.61. The fourth-order valence-corrected chi connectivity index (χ4v) is 8.45. The molecular weight excluding hydrogens is 565 g/mol. The zero-order valence-corrected chi connectivity index (χ0v) is 27.5. The monoisotopic (exact) mass is 619 g/mol. The Morgan fingerprint density at radius 1 is 1.05 bits per heavy atom. The second kappa shape index (κ2) is 16.9. The maximum Gasteiger partial charge on any atom is 0.249 e. The van der Waals surface area contributed by atoms with Crippen LogP contribution in [0.4, 0.5) is 0 Å². The number of rotatable bonds is 15. The highest BCUT2D eigenvalue weighted by Crippen LogP contribution is 2.53. The topological polar surface area (TPSA) is 139 Å². The average molecular weight is 620 g/mol. The SMILES string of the molecule is CCP(=O)(OC)C(O)[C@H](CC1CCCCC1)N(C(=O)[C@@H](N)Cc1ccccc1)[C@@H](CC(C)C)C(=O)NC(=O)C1CCCC1. The Hall–Kier alpha value is -2.06. The second-order valence-electron chi connectivity index (χ2n) is 13.0. The number of amides is 3. The molecule has 0 heterocycles.